The van der Waals surface area contributed by atoms with Crippen LogP contribution < -0.4 is 0 Å². The minimum atomic E-state index is 0.621. The highest BCUT2D eigenvalue weighted by atomic mass is 32.2. The Labute approximate surface area is 443 Å². The van der Waals surface area contributed by atoms with Crippen molar-refractivity contribution in [2.45, 2.75) is 68.9 Å². The second-order valence-electron chi connectivity index (χ2n) is 21.1. The SMILES string of the molecule is C=C/C=C(\C1=C(C)C2=CCCC=C21)c1cccc2c1Cc1ccc(-c3cccc4c3-c3cccc(-n5c6ccccc6c6cc(-n7c8c(c9ccccc97)CCC=C8)ccc65)c3-4)cc1-2.CC1Sc2cccnc2C1C. The van der Waals surface area contributed by atoms with E-state index in [1.165, 1.54) is 155 Å². The lowest BCUT2D eigenvalue weighted by Crippen LogP contribution is -2.15. The minimum Gasteiger partial charge on any atom is -0.310 e. The number of rotatable bonds is 6. The molecule has 0 amide bonds. The highest BCUT2D eigenvalue weighted by Gasteiger charge is 2.34. The average Bonchev–Trinajstić information content (AvgIpc) is 4.19. The van der Waals surface area contributed by atoms with E-state index in [-0.39, 0.29) is 0 Å². The second-order valence-corrected chi connectivity index (χ2v) is 22.6. The Hall–Kier alpha value is -8.18. The minimum absolute atomic E-state index is 0.621. The van der Waals surface area contributed by atoms with Crippen molar-refractivity contribution in [3.05, 3.63) is 251 Å². The topological polar surface area (TPSA) is 22.8 Å². The first-order chi connectivity index (χ1) is 36.9. The molecule has 10 aromatic rings. The van der Waals surface area contributed by atoms with E-state index in [2.05, 4.69) is 217 Å². The van der Waals surface area contributed by atoms with E-state index >= 15 is 0 Å². The summed E-state index contributed by atoms with van der Waals surface area (Å²) in [7, 11) is 0. The van der Waals surface area contributed by atoms with Crippen molar-refractivity contribution in [3.63, 3.8) is 0 Å². The molecule has 0 bridgehead atoms. The lowest BCUT2D eigenvalue weighted by Gasteiger charge is -2.33. The van der Waals surface area contributed by atoms with Crippen LogP contribution in [0.2, 0.25) is 0 Å². The Balaban J connectivity index is 0.000000400. The molecule has 360 valence electrons. The molecular weight excluding hydrogens is 927 g/mol. The molecule has 6 aliphatic rings. The van der Waals surface area contributed by atoms with Gasteiger partial charge in [0.15, 0.2) is 0 Å². The van der Waals surface area contributed by atoms with Crippen molar-refractivity contribution in [2.75, 3.05) is 0 Å². The summed E-state index contributed by atoms with van der Waals surface area (Å²) in [5, 5.41) is 4.60. The first kappa shape index (κ1) is 44.3. The maximum absolute atomic E-state index is 4.37. The Kier molecular flexibility index (Phi) is 10.2. The first-order valence-electron chi connectivity index (χ1n) is 26.9. The van der Waals surface area contributed by atoms with Crippen LogP contribution in [-0.4, -0.2) is 19.4 Å². The number of hydrogen-bond donors (Lipinski definition) is 0. The number of thioether (sulfide) groups is 1. The van der Waals surface area contributed by atoms with Gasteiger partial charge in [0.05, 0.1) is 27.9 Å². The molecule has 1 aliphatic heterocycles. The standard InChI is InChI=1S/C62H44N2.C9H11NS/c1-3-15-48(60-37(2)41-16-4-5-20-49(41)60)43-22-13-23-44-52-34-38(30-31-39(52)35-53(43)44)42-21-12-24-50-61(42)51-25-14-29-59(62(50)51)64-57-28-11-8-19-47(57)54-36-40(32-33-58(54)64)63-55-26-9-6-17-45(55)46-18-7-10-27-56(46)63;1-6-7(2)11-8-4-3-5-10-9(6)8/h3,6,8-17,19-34,36H,1,4-5,7,18,35H2,2H3;3-7H,1-2H3/b48-15-;. The van der Waals surface area contributed by atoms with Gasteiger partial charge < -0.3 is 9.13 Å². The van der Waals surface area contributed by atoms with Gasteiger partial charge in [-0.3, -0.25) is 4.98 Å². The van der Waals surface area contributed by atoms with Crippen LogP contribution in [0.1, 0.15) is 79.6 Å². The van der Waals surface area contributed by atoms with Gasteiger partial charge in [-0.1, -0.05) is 148 Å². The van der Waals surface area contributed by atoms with E-state index in [9.17, 15) is 0 Å². The summed E-state index contributed by atoms with van der Waals surface area (Å²) in [4.78, 5) is 5.74. The zero-order valence-corrected chi connectivity index (χ0v) is 43.4. The van der Waals surface area contributed by atoms with E-state index < -0.39 is 0 Å². The fourth-order valence-corrected chi connectivity index (χ4v) is 14.8. The summed E-state index contributed by atoms with van der Waals surface area (Å²) in [5.41, 5.74) is 31.9. The van der Waals surface area contributed by atoms with E-state index in [1.54, 1.807) is 0 Å². The summed E-state index contributed by atoms with van der Waals surface area (Å²) in [5.74, 6) is 0.621. The third-order valence-corrected chi connectivity index (χ3v) is 18.6. The van der Waals surface area contributed by atoms with Crippen LogP contribution in [0.5, 0.6) is 0 Å². The van der Waals surface area contributed by atoms with Crippen molar-refractivity contribution >= 4 is 56.1 Å². The molecular formula is C71H55N3S. The predicted octanol–water partition coefficient (Wildman–Crippen LogP) is 18.8. The van der Waals surface area contributed by atoms with Gasteiger partial charge in [-0.2, -0.15) is 0 Å². The van der Waals surface area contributed by atoms with Crippen LogP contribution in [0.15, 0.2) is 222 Å². The average molecular weight is 982 g/mol. The molecule has 2 unspecified atom stereocenters. The van der Waals surface area contributed by atoms with Crippen molar-refractivity contribution < 1.29 is 0 Å². The van der Waals surface area contributed by atoms with Crippen molar-refractivity contribution in [1.82, 2.24) is 14.1 Å². The van der Waals surface area contributed by atoms with Crippen LogP contribution in [0.4, 0.5) is 0 Å². The molecule has 4 heterocycles. The van der Waals surface area contributed by atoms with Crippen molar-refractivity contribution in [2.24, 2.45) is 0 Å². The third-order valence-electron chi connectivity index (χ3n) is 17.2. The monoisotopic (exact) mass is 981 g/mol. The van der Waals surface area contributed by atoms with Crippen molar-refractivity contribution in [1.29, 1.82) is 0 Å². The normalized spacial score (nSPS) is 17.4. The first-order valence-corrected chi connectivity index (χ1v) is 27.8. The summed E-state index contributed by atoms with van der Waals surface area (Å²) in [6.45, 7) is 10.9. The van der Waals surface area contributed by atoms with Crippen LogP contribution in [-0.2, 0) is 12.8 Å². The van der Waals surface area contributed by atoms with E-state index in [1.807, 2.05) is 30.1 Å². The number of nitrogens with zero attached hydrogens (tertiary/aromatic N) is 3. The van der Waals surface area contributed by atoms with Gasteiger partial charge in [-0.15, -0.1) is 11.8 Å². The van der Waals surface area contributed by atoms with Gasteiger partial charge in [-0.05, 0) is 189 Å². The molecule has 3 aromatic heterocycles. The molecule has 16 rings (SSSR count). The Morgan fingerprint density at radius 3 is 2.24 bits per heavy atom. The molecule has 5 aliphatic carbocycles. The number of benzene rings is 7. The maximum atomic E-state index is 4.37. The van der Waals surface area contributed by atoms with Crippen LogP contribution in [0.3, 0.4) is 0 Å². The molecule has 7 aromatic carbocycles. The van der Waals surface area contributed by atoms with E-state index in [0.29, 0.717) is 11.2 Å². The van der Waals surface area contributed by atoms with Crippen LogP contribution >= 0.6 is 11.8 Å². The largest absolute Gasteiger partial charge is 0.310 e. The summed E-state index contributed by atoms with van der Waals surface area (Å²) in [6.07, 6.45) is 20.9. The maximum Gasteiger partial charge on any atom is 0.0578 e. The fraction of sp³-hybridized carbons (Fsp3) is 0.141. The zero-order valence-electron chi connectivity index (χ0n) is 42.6. The van der Waals surface area contributed by atoms with Gasteiger partial charge in [0, 0.05) is 55.4 Å². The number of allylic oxidation sites excluding steroid dienone is 10. The Bertz CT molecular complexity index is 4310. The number of fused-ring (bicyclic) bond motifs is 15. The molecule has 0 saturated carbocycles. The quantitative estimate of drug-likeness (QED) is 0.155. The Morgan fingerprint density at radius 2 is 1.39 bits per heavy atom. The molecule has 0 saturated heterocycles. The Morgan fingerprint density at radius 1 is 0.640 bits per heavy atom. The van der Waals surface area contributed by atoms with Gasteiger partial charge in [0.2, 0.25) is 0 Å². The van der Waals surface area contributed by atoms with Crippen molar-refractivity contribution in [3.8, 4) is 55.9 Å². The van der Waals surface area contributed by atoms with Gasteiger partial charge in [-0.25, -0.2) is 0 Å². The molecule has 0 radical (unpaired) electrons. The van der Waals surface area contributed by atoms with Gasteiger partial charge in [0.1, 0.15) is 0 Å². The number of aryl methyl sites for hydroxylation is 1. The lowest BCUT2D eigenvalue weighted by atomic mass is 9.70. The molecule has 75 heavy (non-hydrogen) atoms. The second kappa shape index (κ2) is 17.2. The molecule has 4 heteroatoms. The van der Waals surface area contributed by atoms with Crippen LogP contribution in [0, 0.1) is 0 Å². The highest BCUT2D eigenvalue weighted by Crippen LogP contribution is 2.56. The van der Waals surface area contributed by atoms with E-state index in [0.717, 1.165) is 32.1 Å². The fourth-order valence-electron chi connectivity index (χ4n) is 13.6. The smallest absolute Gasteiger partial charge is 0.0578 e. The highest BCUT2D eigenvalue weighted by molar-refractivity contribution is 8.00. The molecule has 0 N–H and O–H groups in total. The number of pyridine rings is 1. The van der Waals surface area contributed by atoms with Gasteiger partial charge >= 0.3 is 0 Å². The zero-order chi connectivity index (χ0) is 50.1. The predicted molar refractivity (Wildman–Crippen MR) is 317 cm³/mol. The summed E-state index contributed by atoms with van der Waals surface area (Å²) < 4.78 is 4.98. The molecule has 2 atom stereocenters. The van der Waals surface area contributed by atoms with Crippen LogP contribution in [0.25, 0.3) is 100 Å². The van der Waals surface area contributed by atoms with E-state index in [4.69, 9.17) is 0 Å². The number of para-hydroxylation sites is 2. The van der Waals surface area contributed by atoms with Gasteiger partial charge in [0.25, 0.3) is 0 Å². The summed E-state index contributed by atoms with van der Waals surface area (Å²) in [6, 6.07) is 57.0. The molecule has 0 fully saturated rings. The number of hydrogen-bond acceptors (Lipinski definition) is 2. The molecule has 0 spiro atoms. The summed E-state index contributed by atoms with van der Waals surface area (Å²) >= 11 is 1.94. The molecule has 3 nitrogen and oxygen atoms in total. The number of aromatic nitrogens is 3. The lowest BCUT2D eigenvalue weighted by molar-refractivity contribution is 0.732. The third kappa shape index (κ3) is 6.58.